The van der Waals surface area contributed by atoms with Gasteiger partial charge in [0, 0.05) is 38.3 Å². The normalized spacial score (nSPS) is 11.0. The Morgan fingerprint density at radius 1 is 1.12 bits per heavy atom. The average molecular weight is 435 g/mol. The van der Waals surface area contributed by atoms with Gasteiger partial charge in [0.25, 0.3) is 11.5 Å². The number of halogens is 1. The SMILES string of the molecule is Cn1c(-c2nc(C(=O)NCc3ccc(F)cc3)c(O)c3ncccc23)cc(=O)n(C)c1=O. The van der Waals surface area contributed by atoms with Crippen molar-refractivity contribution in [2.75, 3.05) is 0 Å². The molecule has 0 saturated heterocycles. The molecule has 2 N–H and O–H groups in total. The van der Waals surface area contributed by atoms with E-state index in [1.807, 2.05) is 0 Å². The first kappa shape index (κ1) is 20.9. The number of pyridine rings is 2. The van der Waals surface area contributed by atoms with Crippen LogP contribution >= 0.6 is 0 Å². The van der Waals surface area contributed by atoms with Gasteiger partial charge in [-0.3, -0.25) is 23.7 Å². The first-order valence-electron chi connectivity index (χ1n) is 9.55. The molecule has 0 aliphatic rings. The molecule has 4 aromatic rings. The summed E-state index contributed by atoms with van der Waals surface area (Å²) in [5.74, 6) is -1.53. The fourth-order valence-electron chi connectivity index (χ4n) is 3.30. The van der Waals surface area contributed by atoms with Crippen molar-refractivity contribution < 1.29 is 14.3 Å². The molecule has 0 spiro atoms. The second-order valence-electron chi connectivity index (χ2n) is 7.13. The Morgan fingerprint density at radius 3 is 2.56 bits per heavy atom. The molecule has 3 heterocycles. The first-order valence-corrected chi connectivity index (χ1v) is 9.55. The molecule has 0 atom stereocenters. The van der Waals surface area contributed by atoms with Crippen molar-refractivity contribution in [2.45, 2.75) is 6.54 Å². The number of amides is 1. The largest absolute Gasteiger partial charge is 0.504 e. The van der Waals surface area contributed by atoms with Crippen LogP contribution in [-0.2, 0) is 20.6 Å². The molecule has 3 aromatic heterocycles. The zero-order valence-corrected chi connectivity index (χ0v) is 17.2. The van der Waals surface area contributed by atoms with Gasteiger partial charge >= 0.3 is 5.69 Å². The lowest BCUT2D eigenvalue weighted by atomic mass is 10.1. The van der Waals surface area contributed by atoms with Crippen molar-refractivity contribution in [1.29, 1.82) is 0 Å². The molecular formula is C22H18FN5O4. The van der Waals surface area contributed by atoms with Crippen LogP contribution in [0.2, 0.25) is 0 Å². The molecule has 0 radical (unpaired) electrons. The number of hydrogen-bond acceptors (Lipinski definition) is 6. The topological polar surface area (TPSA) is 119 Å². The van der Waals surface area contributed by atoms with Gasteiger partial charge in [-0.25, -0.2) is 14.2 Å². The lowest BCUT2D eigenvalue weighted by Crippen LogP contribution is -2.37. The van der Waals surface area contributed by atoms with Gasteiger partial charge in [-0.05, 0) is 29.8 Å². The zero-order chi connectivity index (χ0) is 23.0. The first-order chi connectivity index (χ1) is 15.3. The number of nitrogens with one attached hydrogen (secondary N) is 1. The summed E-state index contributed by atoms with van der Waals surface area (Å²) in [5.41, 5.74) is -0.371. The predicted octanol–water partition coefficient (Wildman–Crippen LogP) is 1.47. The molecule has 10 heteroatoms. The Hall–Kier alpha value is -4.34. The monoisotopic (exact) mass is 435 g/mol. The number of rotatable bonds is 4. The molecular weight excluding hydrogens is 417 g/mol. The third kappa shape index (κ3) is 3.62. The van der Waals surface area contributed by atoms with Crippen LogP contribution in [0.5, 0.6) is 5.75 Å². The molecule has 0 aliphatic heterocycles. The van der Waals surface area contributed by atoms with Gasteiger partial charge < -0.3 is 10.4 Å². The summed E-state index contributed by atoms with van der Waals surface area (Å²) in [6.07, 6.45) is 1.44. The van der Waals surface area contributed by atoms with E-state index in [1.54, 1.807) is 12.1 Å². The van der Waals surface area contributed by atoms with Gasteiger partial charge in [0.2, 0.25) is 0 Å². The molecule has 0 aliphatic carbocycles. The van der Waals surface area contributed by atoms with E-state index in [2.05, 4.69) is 15.3 Å². The number of benzene rings is 1. The fourth-order valence-corrected chi connectivity index (χ4v) is 3.30. The Bertz CT molecular complexity index is 1480. The van der Waals surface area contributed by atoms with Crippen LogP contribution in [0.4, 0.5) is 4.39 Å². The summed E-state index contributed by atoms with van der Waals surface area (Å²) in [5, 5.41) is 13.7. The van der Waals surface area contributed by atoms with Crippen LogP contribution in [0.1, 0.15) is 16.1 Å². The summed E-state index contributed by atoms with van der Waals surface area (Å²) < 4.78 is 15.3. The van der Waals surface area contributed by atoms with Crippen molar-refractivity contribution >= 4 is 16.8 Å². The van der Waals surface area contributed by atoms with E-state index in [0.29, 0.717) is 10.9 Å². The summed E-state index contributed by atoms with van der Waals surface area (Å²) in [6.45, 7) is 0.0696. The second kappa shape index (κ2) is 8.06. The standard InChI is InChI=1S/C22H18FN5O4/c1-27-15(10-16(29)28(2)22(27)32)17-14-4-3-9-24-18(14)20(30)19(26-17)21(31)25-11-12-5-7-13(23)8-6-12/h3-10,30H,11H2,1-2H3,(H,25,31). The smallest absolute Gasteiger partial charge is 0.330 e. The lowest BCUT2D eigenvalue weighted by Gasteiger charge is -2.14. The van der Waals surface area contributed by atoms with E-state index in [4.69, 9.17) is 0 Å². The molecule has 0 fully saturated rings. The highest BCUT2D eigenvalue weighted by Crippen LogP contribution is 2.32. The van der Waals surface area contributed by atoms with E-state index in [0.717, 1.165) is 4.57 Å². The summed E-state index contributed by atoms with van der Waals surface area (Å²) in [7, 11) is 2.83. The molecule has 0 unspecified atom stereocenters. The van der Waals surface area contributed by atoms with Crippen LogP contribution in [0.15, 0.2) is 58.3 Å². The number of carbonyl (C=O) groups is 1. The number of aromatic nitrogens is 4. The minimum absolute atomic E-state index is 0.0696. The molecule has 4 rings (SSSR count). The number of aromatic hydroxyl groups is 1. The van der Waals surface area contributed by atoms with E-state index in [9.17, 15) is 23.9 Å². The number of hydrogen-bond donors (Lipinski definition) is 2. The highest BCUT2D eigenvalue weighted by Gasteiger charge is 2.22. The maximum absolute atomic E-state index is 13.1. The van der Waals surface area contributed by atoms with Gasteiger partial charge in [-0.1, -0.05) is 12.1 Å². The molecule has 1 aromatic carbocycles. The lowest BCUT2D eigenvalue weighted by molar-refractivity contribution is 0.0943. The second-order valence-corrected chi connectivity index (χ2v) is 7.13. The van der Waals surface area contributed by atoms with E-state index in [1.165, 1.54) is 55.2 Å². The molecule has 162 valence electrons. The average Bonchev–Trinajstić information content (AvgIpc) is 2.80. The molecule has 1 amide bonds. The highest BCUT2D eigenvalue weighted by atomic mass is 19.1. The van der Waals surface area contributed by atoms with Crippen molar-refractivity contribution in [3.8, 4) is 17.1 Å². The molecule has 9 nitrogen and oxygen atoms in total. The Morgan fingerprint density at radius 2 is 1.84 bits per heavy atom. The zero-order valence-electron chi connectivity index (χ0n) is 17.2. The third-order valence-electron chi connectivity index (χ3n) is 5.09. The van der Waals surface area contributed by atoms with Gasteiger partial charge in [0.15, 0.2) is 11.4 Å². The minimum Gasteiger partial charge on any atom is -0.504 e. The number of nitrogens with zero attached hydrogens (tertiary/aromatic N) is 4. The maximum atomic E-state index is 13.1. The van der Waals surface area contributed by atoms with Crippen molar-refractivity contribution in [3.63, 3.8) is 0 Å². The van der Waals surface area contributed by atoms with Crippen molar-refractivity contribution in [1.82, 2.24) is 24.4 Å². The van der Waals surface area contributed by atoms with Crippen molar-refractivity contribution in [2.24, 2.45) is 14.1 Å². The number of carbonyl (C=O) groups excluding carboxylic acids is 1. The summed E-state index contributed by atoms with van der Waals surface area (Å²) in [4.78, 5) is 45.9. The van der Waals surface area contributed by atoms with Crippen LogP contribution in [0.25, 0.3) is 22.3 Å². The van der Waals surface area contributed by atoms with Crippen molar-refractivity contribution in [3.05, 3.63) is 86.6 Å². The van der Waals surface area contributed by atoms with E-state index in [-0.39, 0.29) is 29.1 Å². The third-order valence-corrected chi connectivity index (χ3v) is 5.09. The van der Waals surface area contributed by atoms with E-state index < -0.39 is 28.7 Å². The van der Waals surface area contributed by atoms with Crippen LogP contribution in [0.3, 0.4) is 0 Å². The Labute approximate surface area is 180 Å². The van der Waals surface area contributed by atoms with Crippen LogP contribution in [0, 0.1) is 5.82 Å². The maximum Gasteiger partial charge on any atom is 0.330 e. The highest BCUT2D eigenvalue weighted by molar-refractivity contribution is 6.04. The molecule has 0 bridgehead atoms. The van der Waals surface area contributed by atoms with Gasteiger partial charge in [-0.2, -0.15) is 0 Å². The van der Waals surface area contributed by atoms with E-state index >= 15 is 0 Å². The van der Waals surface area contributed by atoms with Crippen LogP contribution < -0.4 is 16.6 Å². The fraction of sp³-hybridized carbons (Fsp3) is 0.136. The van der Waals surface area contributed by atoms with Gasteiger partial charge in [0.05, 0.1) is 11.4 Å². The minimum atomic E-state index is -0.700. The van der Waals surface area contributed by atoms with Crippen LogP contribution in [-0.4, -0.2) is 30.1 Å². The Balaban J connectivity index is 1.84. The Kier molecular flexibility index (Phi) is 5.27. The van der Waals surface area contributed by atoms with Gasteiger partial charge in [-0.15, -0.1) is 0 Å². The quantitative estimate of drug-likeness (QED) is 0.501. The molecule has 0 saturated carbocycles. The summed E-state index contributed by atoms with van der Waals surface area (Å²) in [6, 6.07) is 10.0. The van der Waals surface area contributed by atoms with Gasteiger partial charge in [0.1, 0.15) is 11.3 Å². The summed E-state index contributed by atoms with van der Waals surface area (Å²) >= 11 is 0. The number of fused-ring (bicyclic) bond motifs is 1. The molecule has 32 heavy (non-hydrogen) atoms. The predicted molar refractivity (Wildman–Crippen MR) is 115 cm³/mol.